The minimum absolute atomic E-state index is 0.197. The van der Waals surface area contributed by atoms with Crippen LogP contribution in [0.1, 0.15) is 11.4 Å². The quantitative estimate of drug-likeness (QED) is 0.383. The third kappa shape index (κ3) is 4.23. The van der Waals surface area contributed by atoms with Gasteiger partial charge in [0.05, 0.1) is 23.7 Å². The molecule has 0 amide bonds. The van der Waals surface area contributed by atoms with E-state index in [0.717, 1.165) is 17.1 Å². The molecular formula is C25H21N3O3. The Morgan fingerprint density at radius 2 is 1.71 bits per heavy atom. The van der Waals surface area contributed by atoms with Crippen molar-refractivity contribution in [1.29, 1.82) is 0 Å². The van der Waals surface area contributed by atoms with E-state index in [9.17, 15) is 9.59 Å². The van der Waals surface area contributed by atoms with Gasteiger partial charge in [-0.2, -0.15) is 0 Å². The molecule has 0 saturated carbocycles. The summed E-state index contributed by atoms with van der Waals surface area (Å²) in [5.41, 5.74) is 3.38. The number of hydrogen-bond donors (Lipinski definition) is 1. The highest BCUT2D eigenvalue weighted by Crippen LogP contribution is 2.27. The minimum atomic E-state index is -0.512. The van der Waals surface area contributed by atoms with Gasteiger partial charge in [-0.3, -0.25) is 14.3 Å². The number of carbonyl (C=O) groups is 1. The molecule has 2 aromatic heterocycles. The Labute approximate surface area is 179 Å². The average Bonchev–Trinajstić information content (AvgIpc) is 2.78. The number of aryl methyl sites for hydroxylation is 1. The predicted octanol–water partition coefficient (Wildman–Crippen LogP) is 4.62. The molecule has 0 bridgehead atoms. The number of para-hydroxylation sites is 2. The van der Waals surface area contributed by atoms with E-state index in [1.54, 1.807) is 6.07 Å². The van der Waals surface area contributed by atoms with E-state index in [0.29, 0.717) is 22.4 Å². The first-order chi connectivity index (χ1) is 15.1. The lowest BCUT2D eigenvalue weighted by atomic mass is 10.1. The van der Waals surface area contributed by atoms with Crippen LogP contribution in [-0.4, -0.2) is 22.6 Å². The van der Waals surface area contributed by atoms with Gasteiger partial charge in [0.25, 0.3) is 0 Å². The number of aromatic nitrogens is 2. The highest BCUT2D eigenvalue weighted by molar-refractivity contribution is 5.94. The summed E-state index contributed by atoms with van der Waals surface area (Å²) < 4.78 is 6.66. The molecule has 0 fully saturated rings. The molecule has 0 unspecified atom stereocenters. The fourth-order valence-electron chi connectivity index (χ4n) is 3.45. The van der Waals surface area contributed by atoms with Crippen LogP contribution in [-0.2, 0) is 9.53 Å². The summed E-state index contributed by atoms with van der Waals surface area (Å²) >= 11 is 0. The van der Waals surface area contributed by atoms with Crippen molar-refractivity contribution in [2.75, 3.05) is 12.4 Å². The number of anilines is 2. The normalized spacial score (nSPS) is 11.0. The smallest absolute Gasteiger partial charge is 0.330 e. The highest BCUT2D eigenvalue weighted by Gasteiger charge is 2.15. The molecular weight excluding hydrogens is 390 g/mol. The Hall–Kier alpha value is -4.19. The summed E-state index contributed by atoms with van der Waals surface area (Å²) in [4.78, 5) is 29.3. The second-order valence-electron chi connectivity index (χ2n) is 6.96. The number of esters is 1. The van der Waals surface area contributed by atoms with Crippen molar-refractivity contribution in [3.63, 3.8) is 0 Å². The Bertz CT molecular complexity index is 1330. The number of nitrogens with zero attached hydrogens (tertiary/aromatic N) is 2. The first kappa shape index (κ1) is 20.1. The Morgan fingerprint density at radius 1 is 1.03 bits per heavy atom. The van der Waals surface area contributed by atoms with Crippen LogP contribution in [0.25, 0.3) is 22.7 Å². The number of nitrogens with one attached hydrogen (secondary N) is 1. The molecule has 154 valence electrons. The highest BCUT2D eigenvalue weighted by atomic mass is 16.5. The molecule has 0 saturated heterocycles. The van der Waals surface area contributed by atoms with E-state index in [1.807, 2.05) is 78.2 Å². The molecule has 6 nitrogen and oxygen atoms in total. The number of hydrogen-bond acceptors (Lipinski definition) is 5. The van der Waals surface area contributed by atoms with Crippen LogP contribution in [0.4, 0.5) is 11.5 Å². The predicted molar refractivity (Wildman–Crippen MR) is 123 cm³/mol. The molecule has 0 aliphatic heterocycles. The second-order valence-corrected chi connectivity index (χ2v) is 6.96. The molecule has 0 aliphatic carbocycles. The Balaban J connectivity index is 2.02. The average molecular weight is 411 g/mol. The molecule has 6 heteroatoms. The monoisotopic (exact) mass is 411 g/mol. The molecule has 1 N–H and O–H groups in total. The van der Waals surface area contributed by atoms with E-state index >= 15 is 0 Å². The van der Waals surface area contributed by atoms with Gasteiger partial charge in [-0.15, -0.1) is 0 Å². The first-order valence-corrected chi connectivity index (χ1v) is 9.78. The lowest BCUT2D eigenvalue weighted by Crippen LogP contribution is -2.14. The van der Waals surface area contributed by atoms with Crippen molar-refractivity contribution in [2.24, 2.45) is 0 Å². The maximum absolute atomic E-state index is 13.2. The second kappa shape index (κ2) is 8.67. The number of pyridine rings is 2. The topological polar surface area (TPSA) is 73.2 Å². The van der Waals surface area contributed by atoms with Crippen LogP contribution < -0.4 is 10.7 Å². The van der Waals surface area contributed by atoms with Gasteiger partial charge in [-0.1, -0.05) is 36.4 Å². The number of carbonyl (C=O) groups excluding carboxylic acids is 1. The number of benzene rings is 2. The molecule has 4 aromatic rings. The summed E-state index contributed by atoms with van der Waals surface area (Å²) in [5.74, 6) is 0.116. The maximum atomic E-state index is 13.2. The number of methoxy groups -OCH3 is 1. The van der Waals surface area contributed by atoms with Crippen molar-refractivity contribution in [1.82, 2.24) is 9.55 Å². The van der Waals surface area contributed by atoms with E-state index in [4.69, 9.17) is 0 Å². The van der Waals surface area contributed by atoms with Gasteiger partial charge in [0, 0.05) is 29.2 Å². The Kier molecular flexibility index (Phi) is 5.62. The van der Waals surface area contributed by atoms with Crippen LogP contribution in [0.3, 0.4) is 0 Å². The molecule has 0 radical (unpaired) electrons. The summed E-state index contributed by atoms with van der Waals surface area (Å²) in [6.07, 6.45) is 2.78. The van der Waals surface area contributed by atoms with Crippen LogP contribution in [0.2, 0.25) is 0 Å². The zero-order chi connectivity index (χ0) is 21.8. The van der Waals surface area contributed by atoms with Crippen LogP contribution in [0.15, 0.2) is 83.7 Å². The third-order valence-corrected chi connectivity index (χ3v) is 4.79. The van der Waals surface area contributed by atoms with E-state index in [-0.39, 0.29) is 5.43 Å². The van der Waals surface area contributed by atoms with Gasteiger partial charge in [0.1, 0.15) is 5.82 Å². The van der Waals surface area contributed by atoms with Crippen molar-refractivity contribution in [3.8, 4) is 5.69 Å². The summed E-state index contributed by atoms with van der Waals surface area (Å²) in [5, 5.41) is 3.78. The van der Waals surface area contributed by atoms with Gasteiger partial charge >= 0.3 is 5.97 Å². The van der Waals surface area contributed by atoms with Crippen molar-refractivity contribution in [2.45, 2.75) is 6.92 Å². The Morgan fingerprint density at radius 3 is 2.39 bits per heavy atom. The minimum Gasteiger partial charge on any atom is -0.466 e. The number of fused-ring (bicyclic) bond motifs is 1. The van der Waals surface area contributed by atoms with Gasteiger partial charge in [0.2, 0.25) is 0 Å². The molecule has 2 heterocycles. The largest absolute Gasteiger partial charge is 0.466 e. The van der Waals surface area contributed by atoms with Crippen molar-refractivity contribution in [3.05, 3.63) is 100 Å². The zero-order valence-corrected chi connectivity index (χ0v) is 17.2. The molecule has 2 aromatic carbocycles. The lowest BCUT2D eigenvalue weighted by molar-refractivity contribution is -0.134. The fourth-order valence-corrected chi connectivity index (χ4v) is 3.45. The van der Waals surface area contributed by atoms with Crippen molar-refractivity contribution >= 4 is 34.5 Å². The van der Waals surface area contributed by atoms with Crippen LogP contribution in [0, 0.1) is 6.92 Å². The van der Waals surface area contributed by atoms with E-state index in [2.05, 4.69) is 15.0 Å². The van der Waals surface area contributed by atoms with Crippen molar-refractivity contribution < 1.29 is 9.53 Å². The van der Waals surface area contributed by atoms with Crippen LogP contribution in [0.5, 0.6) is 0 Å². The number of rotatable bonds is 5. The summed E-state index contributed by atoms with van der Waals surface area (Å²) in [6, 6.07) is 22.9. The molecule has 31 heavy (non-hydrogen) atoms. The first-order valence-electron chi connectivity index (χ1n) is 9.78. The van der Waals surface area contributed by atoms with Crippen LogP contribution >= 0.6 is 0 Å². The lowest BCUT2D eigenvalue weighted by Gasteiger charge is -2.19. The summed E-state index contributed by atoms with van der Waals surface area (Å²) in [7, 11) is 1.30. The van der Waals surface area contributed by atoms with E-state index in [1.165, 1.54) is 19.3 Å². The molecule has 0 spiro atoms. The SMILES string of the molecule is COC(=O)C=Cc1nc(C)cc2c1c(=O)cc(Nc1ccccc1)n2-c1ccccc1. The van der Waals surface area contributed by atoms with E-state index < -0.39 is 5.97 Å². The molecule has 4 rings (SSSR count). The van der Waals surface area contributed by atoms with Gasteiger partial charge in [-0.05, 0) is 43.3 Å². The van der Waals surface area contributed by atoms with Gasteiger partial charge in [0.15, 0.2) is 5.43 Å². The maximum Gasteiger partial charge on any atom is 0.330 e. The fraction of sp³-hybridized carbons (Fsp3) is 0.0800. The zero-order valence-electron chi connectivity index (χ0n) is 17.2. The summed E-state index contributed by atoms with van der Waals surface area (Å²) in [6.45, 7) is 1.85. The molecule has 0 aliphatic rings. The number of ether oxygens (including phenoxy) is 1. The molecule has 0 atom stereocenters. The standard InChI is InChI=1S/C25H21N3O3/c1-17-15-21-25(20(26-17)13-14-24(30)31-2)22(29)16-23(27-18-9-5-3-6-10-18)28(21)19-11-7-4-8-12-19/h3-16,27H,1-2H3. The van der Waals surface area contributed by atoms with Gasteiger partial charge in [-0.25, -0.2) is 4.79 Å². The third-order valence-electron chi connectivity index (χ3n) is 4.79. The van der Waals surface area contributed by atoms with Gasteiger partial charge < -0.3 is 10.1 Å².